The van der Waals surface area contributed by atoms with Crippen LogP contribution in [-0.2, 0) is 17.6 Å². The summed E-state index contributed by atoms with van der Waals surface area (Å²) in [5.74, 6) is 0.128. The van der Waals surface area contributed by atoms with Crippen LogP contribution in [0, 0.1) is 33.5 Å². The van der Waals surface area contributed by atoms with E-state index in [1.54, 1.807) is 16.8 Å². The fraction of sp³-hybridized carbons (Fsp3) is 0.333. The number of benzene rings is 1. The molecule has 1 amide bonds. The largest absolute Gasteiger partial charge is 0.355 e. The number of nitrogens with one attached hydrogen (secondary N) is 1. The van der Waals surface area contributed by atoms with Crippen LogP contribution in [0.15, 0.2) is 28.7 Å². The molecule has 0 unspecified atom stereocenters. The summed E-state index contributed by atoms with van der Waals surface area (Å²) < 4.78 is 15.4. The zero-order chi connectivity index (χ0) is 21.1. The molecule has 0 saturated carbocycles. The lowest BCUT2D eigenvalue weighted by Crippen LogP contribution is -2.27. The van der Waals surface area contributed by atoms with Crippen molar-refractivity contribution in [1.82, 2.24) is 25.1 Å². The summed E-state index contributed by atoms with van der Waals surface area (Å²) in [6, 6.07) is 6.76. The minimum Gasteiger partial charge on any atom is -0.355 e. The Morgan fingerprint density at radius 2 is 1.83 bits per heavy atom. The van der Waals surface area contributed by atoms with E-state index in [9.17, 15) is 9.18 Å². The molecular weight excluding hydrogens is 437 g/mol. The lowest BCUT2D eigenvalue weighted by atomic mass is 10.1. The van der Waals surface area contributed by atoms with Crippen molar-refractivity contribution < 1.29 is 9.18 Å². The molecule has 3 aromatic rings. The van der Waals surface area contributed by atoms with Crippen LogP contribution in [0.3, 0.4) is 0 Å². The van der Waals surface area contributed by atoms with Crippen LogP contribution in [0.25, 0.3) is 5.95 Å². The van der Waals surface area contributed by atoms with Crippen LogP contribution in [0.2, 0.25) is 0 Å². The van der Waals surface area contributed by atoms with E-state index in [4.69, 9.17) is 0 Å². The zero-order valence-electron chi connectivity index (χ0n) is 16.9. The van der Waals surface area contributed by atoms with Crippen molar-refractivity contribution in [2.45, 2.75) is 40.5 Å². The first-order chi connectivity index (χ1) is 13.7. The molecule has 1 aromatic carbocycles. The number of nitrogens with zero attached hydrogens (tertiary/aromatic N) is 4. The molecular formula is C21H23BrFN5O. The second-order valence-electron chi connectivity index (χ2n) is 7.04. The first kappa shape index (κ1) is 21.1. The number of hydrogen-bond acceptors (Lipinski definition) is 4. The van der Waals surface area contributed by atoms with Crippen LogP contribution in [0.1, 0.15) is 33.9 Å². The number of hydrogen-bond donors (Lipinski definition) is 1. The van der Waals surface area contributed by atoms with Gasteiger partial charge in [0.2, 0.25) is 5.91 Å². The molecule has 6 nitrogen and oxygen atoms in total. The lowest BCUT2D eigenvalue weighted by molar-refractivity contribution is -0.120. The first-order valence-corrected chi connectivity index (χ1v) is 10.1. The van der Waals surface area contributed by atoms with E-state index in [1.165, 1.54) is 6.07 Å². The second kappa shape index (κ2) is 8.82. The highest BCUT2D eigenvalue weighted by Gasteiger charge is 2.17. The van der Waals surface area contributed by atoms with Crippen LogP contribution < -0.4 is 5.32 Å². The van der Waals surface area contributed by atoms with Crippen molar-refractivity contribution in [3.8, 4) is 5.95 Å². The van der Waals surface area contributed by atoms with Gasteiger partial charge in [-0.2, -0.15) is 5.10 Å². The van der Waals surface area contributed by atoms with Gasteiger partial charge in [-0.15, -0.1) is 0 Å². The number of amides is 1. The molecule has 0 atom stereocenters. The number of rotatable bonds is 6. The van der Waals surface area contributed by atoms with E-state index in [2.05, 4.69) is 36.3 Å². The highest BCUT2D eigenvalue weighted by molar-refractivity contribution is 9.10. The average Bonchev–Trinajstić information content (AvgIpc) is 2.92. The normalized spacial score (nSPS) is 11.0. The molecule has 0 aliphatic carbocycles. The Balaban J connectivity index is 1.66. The lowest BCUT2D eigenvalue weighted by Gasteiger charge is -2.07. The first-order valence-electron chi connectivity index (χ1n) is 9.33. The van der Waals surface area contributed by atoms with Crippen LogP contribution in [0.4, 0.5) is 4.39 Å². The van der Waals surface area contributed by atoms with Crippen molar-refractivity contribution in [3.05, 3.63) is 68.5 Å². The van der Waals surface area contributed by atoms with Crippen molar-refractivity contribution in [2.24, 2.45) is 0 Å². The number of carbonyl (C=O) groups excluding carboxylic acids is 1. The van der Waals surface area contributed by atoms with Gasteiger partial charge < -0.3 is 5.32 Å². The third kappa shape index (κ3) is 5.06. The van der Waals surface area contributed by atoms with E-state index in [0.29, 0.717) is 23.4 Å². The molecule has 29 heavy (non-hydrogen) atoms. The number of carbonyl (C=O) groups is 1. The molecule has 0 radical (unpaired) electrons. The Morgan fingerprint density at radius 1 is 1.14 bits per heavy atom. The predicted octanol–water partition coefficient (Wildman–Crippen LogP) is 3.70. The fourth-order valence-corrected chi connectivity index (χ4v) is 3.62. The molecule has 8 heteroatoms. The Labute approximate surface area is 177 Å². The van der Waals surface area contributed by atoms with Crippen LogP contribution >= 0.6 is 15.9 Å². The maximum Gasteiger partial charge on any atom is 0.251 e. The van der Waals surface area contributed by atoms with Crippen molar-refractivity contribution >= 4 is 21.8 Å². The van der Waals surface area contributed by atoms with Gasteiger partial charge in [0.25, 0.3) is 5.95 Å². The van der Waals surface area contributed by atoms with Gasteiger partial charge in [-0.05, 0) is 73.8 Å². The molecule has 0 aliphatic rings. The van der Waals surface area contributed by atoms with Gasteiger partial charge in [0.1, 0.15) is 5.82 Å². The Morgan fingerprint density at radius 3 is 2.48 bits per heavy atom. The number of aryl methyl sites for hydroxylation is 3. The summed E-state index contributed by atoms with van der Waals surface area (Å²) >= 11 is 3.18. The van der Waals surface area contributed by atoms with E-state index >= 15 is 0 Å². The Bertz CT molecular complexity index is 1040. The maximum atomic E-state index is 13.3. The number of halogens is 2. The monoisotopic (exact) mass is 459 g/mol. The van der Waals surface area contributed by atoms with Gasteiger partial charge in [-0.25, -0.2) is 19.0 Å². The van der Waals surface area contributed by atoms with Gasteiger partial charge in [0.15, 0.2) is 0 Å². The predicted molar refractivity (Wildman–Crippen MR) is 113 cm³/mol. The van der Waals surface area contributed by atoms with Gasteiger partial charge in [0, 0.05) is 29.2 Å². The quantitative estimate of drug-likeness (QED) is 0.609. The van der Waals surface area contributed by atoms with Crippen LogP contribution in [0.5, 0.6) is 0 Å². The van der Waals surface area contributed by atoms with E-state index in [0.717, 1.165) is 33.9 Å². The topological polar surface area (TPSA) is 72.7 Å². The van der Waals surface area contributed by atoms with Crippen LogP contribution in [-0.4, -0.2) is 32.2 Å². The molecule has 2 heterocycles. The van der Waals surface area contributed by atoms with Gasteiger partial charge in [-0.3, -0.25) is 4.79 Å². The molecule has 1 N–H and O–H groups in total. The molecule has 3 rings (SSSR count). The molecule has 0 fully saturated rings. The molecule has 0 spiro atoms. The molecule has 152 valence electrons. The highest BCUT2D eigenvalue weighted by atomic mass is 79.9. The fourth-order valence-electron chi connectivity index (χ4n) is 3.19. The summed E-state index contributed by atoms with van der Waals surface area (Å²) in [6.45, 7) is 8.10. The smallest absolute Gasteiger partial charge is 0.251 e. The van der Waals surface area contributed by atoms with Gasteiger partial charge >= 0.3 is 0 Å². The summed E-state index contributed by atoms with van der Waals surface area (Å²) in [6.07, 6.45) is 0.855. The molecule has 2 aromatic heterocycles. The summed E-state index contributed by atoms with van der Waals surface area (Å²) in [5, 5.41) is 7.45. The SMILES string of the molecule is Cc1cc(C)nc(-n2nc(C)c(CC(=O)NCCc3ccc(F)c(Br)c3)c2C)n1. The minimum atomic E-state index is -0.298. The van der Waals surface area contributed by atoms with Crippen molar-refractivity contribution in [2.75, 3.05) is 6.54 Å². The molecule has 0 saturated heterocycles. The second-order valence-corrected chi connectivity index (χ2v) is 7.89. The summed E-state index contributed by atoms with van der Waals surface area (Å²) in [7, 11) is 0. The zero-order valence-corrected chi connectivity index (χ0v) is 18.5. The minimum absolute atomic E-state index is 0.0849. The maximum absolute atomic E-state index is 13.3. The Hall–Kier alpha value is -2.61. The van der Waals surface area contributed by atoms with Gasteiger partial charge in [-0.1, -0.05) is 6.07 Å². The Kier molecular flexibility index (Phi) is 6.42. The van der Waals surface area contributed by atoms with E-state index in [-0.39, 0.29) is 18.1 Å². The van der Waals surface area contributed by atoms with Crippen molar-refractivity contribution in [1.29, 1.82) is 0 Å². The van der Waals surface area contributed by atoms with E-state index < -0.39 is 0 Å². The van der Waals surface area contributed by atoms with E-state index in [1.807, 2.05) is 33.8 Å². The standard InChI is InChI=1S/C21H23BrFN5O/c1-12-9-13(2)26-21(25-12)28-15(4)17(14(3)27-28)11-20(29)24-8-7-16-5-6-19(23)18(22)10-16/h5-6,9-10H,7-8,11H2,1-4H3,(H,24,29). The average molecular weight is 460 g/mol. The summed E-state index contributed by atoms with van der Waals surface area (Å²) in [5.41, 5.74) is 5.19. The molecule has 0 aliphatic heterocycles. The van der Waals surface area contributed by atoms with Gasteiger partial charge in [0.05, 0.1) is 16.6 Å². The third-order valence-corrected chi connectivity index (χ3v) is 5.27. The highest BCUT2D eigenvalue weighted by Crippen LogP contribution is 2.18. The number of aromatic nitrogens is 4. The molecule has 0 bridgehead atoms. The summed E-state index contributed by atoms with van der Waals surface area (Å²) in [4.78, 5) is 21.3. The van der Waals surface area contributed by atoms with Crippen molar-refractivity contribution in [3.63, 3.8) is 0 Å². The third-order valence-electron chi connectivity index (χ3n) is 4.66.